The van der Waals surface area contributed by atoms with Crippen LogP contribution >= 0.6 is 0 Å². The van der Waals surface area contributed by atoms with E-state index in [-0.39, 0.29) is 23.4 Å². The summed E-state index contributed by atoms with van der Waals surface area (Å²) < 4.78 is 16.1. The lowest BCUT2D eigenvalue weighted by atomic mass is 9.95. The van der Waals surface area contributed by atoms with Crippen molar-refractivity contribution in [3.8, 4) is 17.2 Å². The SMILES string of the molecule is COc1cccc(CN2C(=O)C(=O)/C(=C(/O)c3c(OC)cccc3OC)C2c2cccnc2)c1. The molecule has 0 aliphatic carbocycles. The maximum absolute atomic E-state index is 13.3. The molecule has 0 radical (unpaired) electrons. The normalized spacial score (nSPS) is 17.0. The van der Waals surface area contributed by atoms with Gasteiger partial charge in [-0.05, 0) is 41.5 Å². The number of likely N-dealkylation sites (tertiary alicyclic amines) is 1. The van der Waals surface area contributed by atoms with Gasteiger partial charge in [0.2, 0.25) is 0 Å². The average Bonchev–Trinajstić information content (AvgIpc) is 3.13. The first-order valence-corrected chi connectivity index (χ1v) is 10.5. The fraction of sp³-hybridized carbons (Fsp3) is 0.192. The van der Waals surface area contributed by atoms with Crippen molar-refractivity contribution in [2.75, 3.05) is 21.3 Å². The number of aliphatic hydroxyl groups is 1. The van der Waals surface area contributed by atoms with Crippen LogP contribution in [0.2, 0.25) is 0 Å². The molecule has 1 fully saturated rings. The van der Waals surface area contributed by atoms with Crippen molar-refractivity contribution in [3.05, 3.63) is 89.3 Å². The van der Waals surface area contributed by atoms with E-state index in [4.69, 9.17) is 14.2 Å². The van der Waals surface area contributed by atoms with E-state index in [0.29, 0.717) is 22.8 Å². The number of Topliss-reactive ketones (excluding diaryl/α,β-unsaturated/α-hetero) is 1. The molecule has 3 aromatic rings. The summed E-state index contributed by atoms with van der Waals surface area (Å²) in [5, 5.41) is 11.4. The van der Waals surface area contributed by atoms with Gasteiger partial charge in [-0.25, -0.2) is 0 Å². The van der Waals surface area contributed by atoms with Crippen molar-refractivity contribution < 1.29 is 28.9 Å². The first-order valence-electron chi connectivity index (χ1n) is 10.5. The third-order valence-corrected chi connectivity index (χ3v) is 5.69. The van der Waals surface area contributed by atoms with Crippen molar-refractivity contribution >= 4 is 17.4 Å². The van der Waals surface area contributed by atoms with E-state index >= 15 is 0 Å². The fourth-order valence-electron chi connectivity index (χ4n) is 4.11. The molecule has 4 rings (SSSR count). The predicted molar refractivity (Wildman–Crippen MR) is 125 cm³/mol. The van der Waals surface area contributed by atoms with Crippen molar-refractivity contribution in [2.24, 2.45) is 0 Å². The molecule has 1 unspecified atom stereocenters. The second kappa shape index (κ2) is 9.66. The molecule has 34 heavy (non-hydrogen) atoms. The van der Waals surface area contributed by atoms with Gasteiger partial charge in [-0.15, -0.1) is 0 Å². The zero-order valence-corrected chi connectivity index (χ0v) is 19.0. The van der Waals surface area contributed by atoms with Gasteiger partial charge in [0.15, 0.2) is 0 Å². The van der Waals surface area contributed by atoms with E-state index < -0.39 is 17.7 Å². The molecular formula is C26H24N2O6. The highest BCUT2D eigenvalue weighted by Crippen LogP contribution is 2.43. The van der Waals surface area contributed by atoms with Crippen molar-refractivity contribution in [3.63, 3.8) is 0 Å². The lowest BCUT2D eigenvalue weighted by Gasteiger charge is -2.25. The molecule has 0 bridgehead atoms. The van der Waals surface area contributed by atoms with Crippen LogP contribution in [0.5, 0.6) is 17.2 Å². The monoisotopic (exact) mass is 460 g/mol. The van der Waals surface area contributed by atoms with Crippen LogP contribution in [0.3, 0.4) is 0 Å². The van der Waals surface area contributed by atoms with Crippen LogP contribution in [0.4, 0.5) is 0 Å². The van der Waals surface area contributed by atoms with E-state index in [0.717, 1.165) is 5.56 Å². The molecule has 1 aliphatic heterocycles. The largest absolute Gasteiger partial charge is 0.506 e. The zero-order chi connectivity index (χ0) is 24.2. The Morgan fingerprint density at radius 3 is 2.29 bits per heavy atom. The summed E-state index contributed by atoms with van der Waals surface area (Å²) in [6, 6.07) is 14.8. The molecular weight excluding hydrogens is 436 g/mol. The van der Waals surface area contributed by atoms with Crippen molar-refractivity contribution in [1.29, 1.82) is 0 Å². The summed E-state index contributed by atoms with van der Waals surface area (Å²) >= 11 is 0. The molecule has 1 aromatic heterocycles. The molecule has 1 N–H and O–H groups in total. The van der Waals surface area contributed by atoms with Crippen molar-refractivity contribution in [2.45, 2.75) is 12.6 Å². The molecule has 0 spiro atoms. The quantitative estimate of drug-likeness (QED) is 0.326. The van der Waals surface area contributed by atoms with Crippen LogP contribution < -0.4 is 14.2 Å². The van der Waals surface area contributed by atoms with Gasteiger partial charge in [0.05, 0.1) is 32.9 Å². The van der Waals surface area contributed by atoms with Gasteiger partial charge < -0.3 is 24.2 Å². The molecule has 1 atom stereocenters. The number of nitrogens with zero attached hydrogens (tertiary/aromatic N) is 2. The number of methoxy groups -OCH3 is 3. The number of benzene rings is 2. The first kappa shape index (κ1) is 22.8. The van der Waals surface area contributed by atoms with E-state index in [1.165, 1.54) is 19.1 Å². The van der Waals surface area contributed by atoms with Gasteiger partial charge in [0, 0.05) is 18.9 Å². The van der Waals surface area contributed by atoms with Crippen molar-refractivity contribution in [1.82, 2.24) is 9.88 Å². The number of aromatic nitrogens is 1. The Hall–Kier alpha value is -4.33. The van der Waals surface area contributed by atoms with E-state index in [1.807, 2.05) is 12.1 Å². The minimum absolute atomic E-state index is 0.0660. The Labute approximate surface area is 197 Å². The summed E-state index contributed by atoms with van der Waals surface area (Å²) in [4.78, 5) is 32.1. The van der Waals surface area contributed by atoms with Gasteiger partial charge in [0.25, 0.3) is 11.7 Å². The standard InChI is InChI=1S/C26H24N2O6/c1-32-18-9-4-7-16(13-18)15-28-23(17-8-6-12-27-14-17)22(25(30)26(28)31)24(29)21-19(33-2)10-5-11-20(21)34-3/h4-14,23,29H,15H2,1-3H3/b24-22+. The molecule has 2 aromatic carbocycles. The topological polar surface area (TPSA) is 98.2 Å². The first-order chi connectivity index (χ1) is 16.5. The average molecular weight is 460 g/mol. The second-order valence-electron chi connectivity index (χ2n) is 7.60. The predicted octanol–water partition coefficient (Wildman–Crippen LogP) is 3.73. The molecule has 8 nitrogen and oxygen atoms in total. The number of hydrogen-bond donors (Lipinski definition) is 1. The van der Waals surface area contributed by atoms with Crippen LogP contribution in [-0.4, -0.2) is 48.0 Å². The molecule has 1 aliphatic rings. The number of carbonyl (C=O) groups excluding carboxylic acids is 2. The third-order valence-electron chi connectivity index (χ3n) is 5.69. The zero-order valence-electron chi connectivity index (χ0n) is 19.0. The minimum Gasteiger partial charge on any atom is -0.506 e. The Balaban J connectivity index is 1.90. The van der Waals surface area contributed by atoms with Crippen LogP contribution in [-0.2, 0) is 16.1 Å². The number of hydrogen-bond acceptors (Lipinski definition) is 7. The maximum Gasteiger partial charge on any atom is 0.295 e. The summed E-state index contributed by atoms with van der Waals surface area (Å²) in [5.41, 5.74) is 1.48. The Kier molecular flexibility index (Phi) is 6.49. The highest BCUT2D eigenvalue weighted by Gasteiger charge is 2.46. The summed E-state index contributed by atoms with van der Waals surface area (Å²) in [5.74, 6) is -0.670. The Bertz CT molecular complexity index is 1230. The molecule has 0 saturated carbocycles. The van der Waals surface area contributed by atoms with Crippen LogP contribution in [0.15, 0.2) is 72.6 Å². The van der Waals surface area contributed by atoms with Crippen LogP contribution in [0.25, 0.3) is 5.76 Å². The minimum atomic E-state index is -0.866. The number of carbonyl (C=O) groups is 2. The molecule has 174 valence electrons. The maximum atomic E-state index is 13.3. The van der Waals surface area contributed by atoms with Gasteiger partial charge in [-0.2, -0.15) is 0 Å². The van der Waals surface area contributed by atoms with E-state index in [1.54, 1.807) is 62.0 Å². The molecule has 1 saturated heterocycles. The van der Waals surface area contributed by atoms with Gasteiger partial charge in [-0.3, -0.25) is 14.6 Å². The summed E-state index contributed by atoms with van der Waals surface area (Å²) in [7, 11) is 4.46. The number of amides is 1. The lowest BCUT2D eigenvalue weighted by Crippen LogP contribution is -2.29. The highest BCUT2D eigenvalue weighted by molar-refractivity contribution is 6.46. The van der Waals surface area contributed by atoms with Gasteiger partial charge in [-0.1, -0.05) is 24.3 Å². The Morgan fingerprint density at radius 1 is 0.971 bits per heavy atom. The van der Waals surface area contributed by atoms with Gasteiger partial charge >= 0.3 is 0 Å². The lowest BCUT2D eigenvalue weighted by molar-refractivity contribution is -0.140. The smallest absolute Gasteiger partial charge is 0.295 e. The number of rotatable bonds is 7. The number of ether oxygens (including phenoxy) is 3. The number of pyridine rings is 1. The third kappa shape index (κ3) is 4.05. The molecule has 1 amide bonds. The summed E-state index contributed by atoms with van der Waals surface area (Å²) in [6.07, 6.45) is 3.17. The van der Waals surface area contributed by atoms with E-state index in [2.05, 4.69) is 4.98 Å². The number of ketones is 1. The molecule has 2 heterocycles. The van der Waals surface area contributed by atoms with Crippen LogP contribution in [0, 0.1) is 0 Å². The second-order valence-corrected chi connectivity index (χ2v) is 7.60. The Morgan fingerprint density at radius 2 is 1.68 bits per heavy atom. The molecule has 8 heteroatoms. The summed E-state index contributed by atoms with van der Waals surface area (Å²) in [6.45, 7) is 0.126. The van der Waals surface area contributed by atoms with Gasteiger partial charge in [0.1, 0.15) is 28.6 Å². The number of aliphatic hydroxyl groups excluding tert-OH is 1. The fourth-order valence-corrected chi connectivity index (χ4v) is 4.11. The highest BCUT2D eigenvalue weighted by atomic mass is 16.5. The van der Waals surface area contributed by atoms with E-state index in [9.17, 15) is 14.7 Å². The van der Waals surface area contributed by atoms with Crippen LogP contribution in [0.1, 0.15) is 22.7 Å².